The smallest absolute Gasteiger partial charge is 0.195 e. The van der Waals surface area contributed by atoms with Crippen LogP contribution in [-0.2, 0) is 9.47 Å². The first-order valence-corrected chi connectivity index (χ1v) is 4.74. The summed E-state index contributed by atoms with van der Waals surface area (Å²) in [6.07, 6.45) is 5.33. The second-order valence-corrected chi connectivity index (χ2v) is 3.32. The molecule has 0 bridgehead atoms. The van der Waals surface area contributed by atoms with Crippen LogP contribution in [0.3, 0.4) is 0 Å². The summed E-state index contributed by atoms with van der Waals surface area (Å²) in [6.45, 7) is -0.250. The van der Waals surface area contributed by atoms with Gasteiger partial charge >= 0.3 is 0 Å². The average Bonchev–Trinajstić information content (AvgIpc) is 2.93. The Hall–Kier alpha value is -0.160. The molecule has 1 aliphatic heterocycles. The van der Waals surface area contributed by atoms with Crippen molar-refractivity contribution in [2.45, 2.75) is 37.6 Å². The van der Waals surface area contributed by atoms with Gasteiger partial charge in [0.2, 0.25) is 0 Å². The summed E-state index contributed by atoms with van der Waals surface area (Å²) in [6, 6.07) is 0. The highest BCUT2D eigenvalue weighted by Crippen LogP contribution is 2.47. The molecule has 0 amide bonds. The van der Waals surface area contributed by atoms with E-state index in [0.717, 1.165) is 6.42 Å². The van der Waals surface area contributed by atoms with Crippen LogP contribution in [0.5, 0.6) is 0 Å². The van der Waals surface area contributed by atoms with E-state index in [1.54, 1.807) is 7.11 Å². The van der Waals surface area contributed by atoms with Crippen molar-refractivity contribution in [2.75, 3.05) is 20.3 Å². The predicted molar refractivity (Wildman–Crippen MR) is 47.3 cm³/mol. The Labute approximate surface area is 78.5 Å². The molecule has 2 N–H and O–H groups in total. The third-order valence-electron chi connectivity index (χ3n) is 2.46. The molecular formula is C9H18O4. The molecule has 2 atom stereocenters. The lowest BCUT2D eigenvalue weighted by Crippen LogP contribution is -2.20. The number of epoxide rings is 1. The Morgan fingerprint density at radius 1 is 1.38 bits per heavy atom. The molecule has 2 rings (SSSR count). The van der Waals surface area contributed by atoms with Crippen LogP contribution in [0, 0.1) is 0 Å². The SMILES string of the molecule is COC12CCCCC1O2.OCCO. The van der Waals surface area contributed by atoms with Crippen LogP contribution in [0.1, 0.15) is 25.7 Å². The van der Waals surface area contributed by atoms with E-state index in [4.69, 9.17) is 19.7 Å². The fourth-order valence-electron chi connectivity index (χ4n) is 1.69. The molecule has 1 heterocycles. The van der Waals surface area contributed by atoms with Crippen molar-refractivity contribution < 1.29 is 19.7 Å². The van der Waals surface area contributed by atoms with Crippen molar-refractivity contribution in [3.63, 3.8) is 0 Å². The highest BCUT2D eigenvalue weighted by atomic mass is 16.8. The monoisotopic (exact) mass is 190 g/mol. The van der Waals surface area contributed by atoms with Gasteiger partial charge in [-0.2, -0.15) is 0 Å². The molecule has 4 heteroatoms. The zero-order chi connectivity index (χ0) is 9.73. The molecule has 1 aliphatic carbocycles. The van der Waals surface area contributed by atoms with E-state index in [0.29, 0.717) is 6.10 Å². The van der Waals surface area contributed by atoms with Gasteiger partial charge in [0.1, 0.15) is 6.10 Å². The van der Waals surface area contributed by atoms with Crippen LogP contribution < -0.4 is 0 Å². The molecule has 1 saturated carbocycles. The minimum atomic E-state index is -0.125. The van der Waals surface area contributed by atoms with Gasteiger partial charge in [0.25, 0.3) is 0 Å². The van der Waals surface area contributed by atoms with Crippen LogP contribution in [0.25, 0.3) is 0 Å². The van der Waals surface area contributed by atoms with Crippen LogP contribution in [0.4, 0.5) is 0 Å². The van der Waals surface area contributed by atoms with Gasteiger partial charge in [-0.05, 0) is 12.8 Å². The number of hydrogen-bond donors (Lipinski definition) is 2. The predicted octanol–water partition coefficient (Wildman–Crippen LogP) is 0.273. The number of methoxy groups -OCH3 is 1. The number of aliphatic hydroxyl groups is 2. The molecule has 0 spiro atoms. The van der Waals surface area contributed by atoms with Gasteiger partial charge in [0.05, 0.1) is 13.2 Å². The van der Waals surface area contributed by atoms with E-state index in [9.17, 15) is 0 Å². The molecular weight excluding hydrogens is 172 g/mol. The zero-order valence-corrected chi connectivity index (χ0v) is 8.03. The molecule has 2 fully saturated rings. The lowest BCUT2D eigenvalue weighted by molar-refractivity contribution is -0.0197. The minimum absolute atomic E-state index is 0.113. The fraction of sp³-hybridized carbons (Fsp3) is 1.00. The van der Waals surface area contributed by atoms with E-state index < -0.39 is 0 Å². The largest absolute Gasteiger partial charge is 0.394 e. The van der Waals surface area contributed by atoms with Crippen molar-refractivity contribution >= 4 is 0 Å². The summed E-state index contributed by atoms with van der Waals surface area (Å²) >= 11 is 0. The van der Waals surface area contributed by atoms with Crippen LogP contribution in [-0.4, -0.2) is 42.4 Å². The first kappa shape index (κ1) is 10.9. The quantitative estimate of drug-likeness (QED) is 0.614. The van der Waals surface area contributed by atoms with Gasteiger partial charge in [-0.1, -0.05) is 6.42 Å². The van der Waals surface area contributed by atoms with Gasteiger partial charge in [0, 0.05) is 13.5 Å². The van der Waals surface area contributed by atoms with Gasteiger partial charge in [-0.25, -0.2) is 0 Å². The Morgan fingerprint density at radius 2 is 2.08 bits per heavy atom. The number of aliphatic hydroxyl groups excluding tert-OH is 2. The highest BCUT2D eigenvalue weighted by Gasteiger charge is 2.57. The van der Waals surface area contributed by atoms with E-state index in [1.807, 2.05) is 0 Å². The molecule has 1 saturated heterocycles. The van der Waals surface area contributed by atoms with Crippen LogP contribution in [0.2, 0.25) is 0 Å². The van der Waals surface area contributed by atoms with Crippen molar-refractivity contribution in [1.29, 1.82) is 0 Å². The molecule has 0 aromatic heterocycles. The van der Waals surface area contributed by atoms with Gasteiger partial charge < -0.3 is 19.7 Å². The normalized spacial score (nSPS) is 35.8. The number of rotatable bonds is 2. The van der Waals surface area contributed by atoms with Crippen molar-refractivity contribution in [3.8, 4) is 0 Å². The maximum atomic E-state index is 7.62. The highest BCUT2D eigenvalue weighted by molar-refractivity contribution is 4.97. The average molecular weight is 190 g/mol. The third kappa shape index (κ3) is 2.64. The molecule has 0 aromatic rings. The summed E-state index contributed by atoms with van der Waals surface area (Å²) < 4.78 is 10.6. The first-order chi connectivity index (χ1) is 6.29. The lowest BCUT2D eigenvalue weighted by Gasteiger charge is -2.14. The van der Waals surface area contributed by atoms with Gasteiger partial charge in [0.15, 0.2) is 5.79 Å². The molecule has 0 aromatic carbocycles. The number of hydrogen-bond acceptors (Lipinski definition) is 4. The van der Waals surface area contributed by atoms with Gasteiger partial charge in [-0.15, -0.1) is 0 Å². The Kier molecular flexibility index (Phi) is 4.12. The fourth-order valence-corrected chi connectivity index (χ4v) is 1.69. The second kappa shape index (κ2) is 4.91. The second-order valence-electron chi connectivity index (χ2n) is 3.32. The first-order valence-electron chi connectivity index (χ1n) is 4.74. The molecule has 2 aliphatic rings. The number of ether oxygens (including phenoxy) is 2. The number of fused-ring (bicyclic) bond motifs is 1. The summed E-state index contributed by atoms with van der Waals surface area (Å²) in [5.41, 5.74) is 0. The van der Waals surface area contributed by atoms with E-state index in [2.05, 4.69) is 0 Å². The summed E-state index contributed by atoms with van der Waals surface area (Å²) in [5, 5.41) is 15.2. The van der Waals surface area contributed by atoms with Gasteiger partial charge in [-0.3, -0.25) is 0 Å². The summed E-state index contributed by atoms with van der Waals surface area (Å²) in [7, 11) is 1.74. The molecule has 78 valence electrons. The van der Waals surface area contributed by atoms with Crippen LogP contribution >= 0.6 is 0 Å². The van der Waals surface area contributed by atoms with Crippen molar-refractivity contribution in [2.24, 2.45) is 0 Å². The third-order valence-corrected chi connectivity index (χ3v) is 2.46. The molecule has 0 radical (unpaired) electrons. The van der Waals surface area contributed by atoms with E-state index in [1.165, 1.54) is 19.3 Å². The maximum Gasteiger partial charge on any atom is 0.195 e. The Morgan fingerprint density at radius 3 is 2.46 bits per heavy atom. The zero-order valence-electron chi connectivity index (χ0n) is 8.03. The minimum Gasteiger partial charge on any atom is -0.394 e. The summed E-state index contributed by atoms with van der Waals surface area (Å²) in [4.78, 5) is 0. The molecule has 13 heavy (non-hydrogen) atoms. The molecule has 2 unspecified atom stereocenters. The summed E-state index contributed by atoms with van der Waals surface area (Å²) in [5.74, 6) is -0.113. The topological polar surface area (TPSA) is 62.2 Å². The Balaban J connectivity index is 0.000000184. The lowest BCUT2D eigenvalue weighted by atomic mass is 9.98. The van der Waals surface area contributed by atoms with Crippen molar-refractivity contribution in [1.82, 2.24) is 0 Å². The maximum absolute atomic E-state index is 7.62. The Bertz CT molecular complexity index is 149. The van der Waals surface area contributed by atoms with Crippen molar-refractivity contribution in [3.05, 3.63) is 0 Å². The van der Waals surface area contributed by atoms with E-state index in [-0.39, 0.29) is 19.0 Å². The molecule has 4 nitrogen and oxygen atoms in total. The van der Waals surface area contributed by atoms with Crippen LogP contribution in [0.15, 0.2) is 0 Å². The van der Waals surface area contributed by atoms with E-state index >= 15 is 0 Å². The standard InChI is InChI=1S/C7H12O2.C2H6O2/c1-8-7-5-3-2-4-6(7)9-7;3-1-2-4/h6H,2-5H2,1H3;3-4H,1-2H2.